The molecule has 0 spiro atoms. The predicted molar refractivity (Wildman–Crippen MR) is 116 cm³/mol. The molecule has 0 aromatic heterocycles. The van der Waals surface area contributed by atoms with Crippen molar-refractivity contribution in [2.75, 3.05) is 19.8 Å². The lowest BCUT2D eigenvalue weighted by atomic mass is 9.93. The van der Waals surface area contributed by atoms with Crippen LogP contribution in [-0.2, 0) is 28.5 Å². The molecule has 3 aliphatic heterocycles. The van der Waals surface area contributed by atoms with Crippen LogP contribution in [0.3, 0.4) is 0 Å². The highest BCUT2D eigenvalue weighted by atomic mass is 16.7. The number of carbonyl (C=O) groups excluding carboxylic acids is 1. The monoisotopic (exact) mass is 543 g/mol. The Balaban J connectivity index is 1.81. The molecule has 0 aromatic rings. The molecule has 0 radical (unpaired) electrons. The van der Waals surface area contributed by atoms with Crippen LogP contribution in [0.5, 0.6) is 0 Å². The van der Waals surface area contributed by atoms with Gasteiger partial charge >= 0.3 is 0 Å². The summed E-state index contributed by atoms with van der Waals surface area (Å²) in [6, 6.07) is -1.37. The van der Waals surface area contributed by atoms with Crippen LogP contribution in [0.2, 0.25) is 0 Å². The minimum Gasteiger partial charge on any atom is -0.394 e. The van der Waals surface area contributed by atoms with Gasteiger partial charge in [0.1, 0.15) is 73.2 Å². The van der Waals surface area contributed by atoms with Gasteiger partial charge in [0.2, 0.25) is 5.91 Å². The lowest BCUT2D eigenvalue weighted by Gasteiger charge is -2.49. The van der Waals surface area contributed by atoms with E-state index in [1.165, 1.54) is 6.92 Å². The number of carbonyl (C=O) groups is 1. The highest BCUT2D eigenvalue weighted by Gasteiger charge is 2.53. The number of amides is 1. The number of ether oxygens (including phenoxy) is 5. The number of rotatable bonds is 8. The van der Waals surface area contributed by atoms with Crippen LogP contribution >= 0.6 is 0 Å². The number of nitrogens with one attached hydrogen (secondary N) is 1. The summed E-state index contributed by atoms with van der Waals surface area (Å²) in [7, 11) is 0. The first kappa shape index (κ1) is 30.5. The van der Waals surface area contributed by atoms with Crippen molar-refractivity contribution in [2.45, 2.75) is 106 Å². The third-order valence-corrected chi connectivity index (χ3v) is 6.75. The Kier molecular flexibility index (Phi) is 10.6. The maximum absolute atomic E-state index is 11.9. The van der Waals surface area contributed by atoms with Gasteiger partial charge in [0.15, 0.2) is 12.6 Å². The number of hydrogen-bond acceptors (Lipinski definition) is 15. The third-order valence-electron chi connectivity index (χ3n) is 6.75. The SMILES string of the molecule is CC(=O)N[C@H]1[C@H](O[C@H]2[C@H](O)[C@H](O)[C@@H](CO)O[C@@H]2C)O[C@H](CO)[C@@H](O[C@@H]2O[C@H](CO)[C@H](O)[C@H](O)[C@H]2O)[C@H]1O. The van der Waals surface area contributed by atoms with Crippen LogP contribution in [0.4, 0.5) is 0 Å². The van der Waals surface area contributed by atoms with E-state index < -0.39 is 118 Å². The highest BCUT2D eigenvalue weighted by Crippen LogP contribution is 2.32. The molecule has 0 bridgehead atoms. The van der Waals surface area contributed by atoms with Gasteiger partial charge in [-0.1, -0.05) is 0 Å². The second kappa shape index (κ2) is 12.8. The average Bonchev–Trinajstić information content (AvgIpc) is 2.86. The third kappa shape index (κ3) is 6.39. The molecule has 0 saturated carbocycles. The number of aliphatic hydroxyl groups excluding tert-OH is 9. The topological polar surface area (TPSA) is 257 Å². The minimum atomic E-state index is -1.81. The van der Waals surface area contributed by atoms with Gasteiger partial charge in [-0.2, -0.15) is 0 Å². The first-order valence-corrected chi connectivity index (χ1v) is 11.9. The molecule has 0 aliphatic carbocycles. The smallest absolute Gasteiger partial charge is 0.217 e. The predicted octanol–water partition coefficient (Wildman–Crippen LogP) is -6.36. The van der Waals surface area contributed by atoms with E-state index in [2.05, 4.69) is 5.32 Å². The summed E-state index contributed by atoms with van der Waals surface area (Å²) in [6.45, 7) is 0.595. The Labute approximate surface area is 211 Å². The summed E-state index contributed by atoms with van der Waals surface area (Å²) in [6.07, 6.45) is -20.5. The quantitative estimate of drug-likeness (QED) is 0.137. The van der Waals surface area contributed by atoms with Gasteiger partial charge in [-0.15, -0.1) is 0 Å². The molecule has 3 saturated heterocycles. The Morgan fingerprint density at radius 3 is 1.76 bits per heavy atom. The van der Waals surface area contributed by atoms with Crippen molar-refractivity contribution in [2.24, 2.45) is 0 Å². The molecule has 10 N–H and O–H groups in total. The molecule has 3 aliphatic rings. The zero-order chi connectivity index (χ0) is 27.6. The molecule has 3 fully saturated rings. The fourth-order valence-corrected chi connectivity index (χ4v) is 4.70. The molecule has 3 rings (SSSR count). The van der Waals surface area contributed by atoms with Crippen molar-refractivity contribution in [3.63, 3.8) is 0 Å². The zero-order valence-corrected chi connectivity index (χ0v) is 20.3. The summed E-state index contributed by atoms with van der Waals surface area (Å²) in [5, 5.41) is 93.3. The van der Waals surface area contributed by atoms with Crippen LogP contribution in [0.15, 0.2) is 0 Å². The molecular weight excluding hydrogens is 506 g/mol. The average molecular weight is 544 g/mol. The maximum Gasteiger partial charge on any atom is 0.217 e. The van der Waals surface area contributed by atoms with E-state index in [0.29, 0.717) is 0 Å². The fraction of sp³-hybridized carbons (Fsp3) is 0.952. The van der Waals surface area contributed by atoms with Crippen molar-refractivity contribution in [3.05, 3.63) is 0 Å². The summed E-state index contributed by atoms with van der Waals surface area (Å²) in [5.41, 5.74) is 0. The molecule has 37 heavy (non-hydrogen) atoms. The van der Waals surface area contributed by atoms with Crippen LogP contribution in [0, 0.1) is 0 Å². The van der Waals surface area contributed by atoms with Gasteiger partial charge in [-0.05, 0) is 6.92 Å². The van der Waals surface area contributed by atoms with Gasteiger partial charge in [-0.3, -0.25) is 4.79 Å². The first-order chi connectivity index (χ1) is 17.4. The molecule has 16 nitrogen and oxygen atoms in total. The second-order valence-corrected chi connectivity index (χ2v) is 9.38. The molecule has 16 heteroatoms. The summed E-state index contributed by atoms with van der Waals surface area (Å²) >= 11 is 0. The van der Waals surface area contributed by atoms with Crippen molar-refractivity contribution in [1.29, 1.82) is 0 Å². The number of hydrogen-bond donors (Lipinski definition) is 10. The lowest BCUT2D eigenvalue weighted by Crippen LogP contribution is -2.69. The van der Waals surface area contributed by atoms with E-state index in [1.54, 1.807) is 0 Å². The van der Waals surface area contributed by atoms with Crippen molar-refractivity contribution in [3.8, 4) is 0 Å². The molecule has 216 valence electrons. The Morgan fingerprint density at radius 2 is 1.19 bits per heavy atom. The Morgan fingerprint density at radius 1 is 0.676 bits per heavy atom. The summed E-state index contributed by atoms with van der Waals surface area (Å²) < 4.78 is 27.9. The van der Waals surface area contributed by atoms with Crippen molar-refractivity contribution >= 4 is 5.91 Å². The molecular formula is C21H37NO15. The van der Waals surface area contributed by atoms with Crippen LogP contribution in [0.25, 0.3) is 0 Å². The van der Waals surface area contributed by atoms with E-state index >= 15 is 0 Å². The van der Waals surface area contributed by atoms with E-state index in [4.69, 9.17) is 23.7 Å². The van der Waals surface area contributed by atoms with Crippen LogP contribution in [-0.4, -0.2) is 164 Å². The van der Waals surface area contributed by atoms with E-state index in [9.17, 15) is 50.8 Å². The van der Waals surface area contributed by atoms with Crippen LogP contribution in [0.1, 0.15) is 13.8 Å². The van der Waals surface area contributed by atoms with Gasteiger partial charge in [0.25, 0.3) is 0 Å². The Hall–Kier alpha value is -1.09. The van der Waals surface area contributed by atoms with Gasteiger partial charge in [0.05, 0.1) is 25.9 Å². The maximum atomic E-state index is 11.9. The van der Waals surface area contributed by atoms with E-state index in [0.717, 1.165) is 6.92 Å². The van der Waals surface area contributed by atoms with Crippen molar-refractivity contribution in [1.82, 2.24) is 5.32 Å². The van der Waals surface area contributed by atoms with Crippen molar-refractivity contribution < 1.29 is 74.4 Å². The zero-order valence-electron chi connectivity index (χ0n) is 20.3. The molecule has 15 atom stereocenters. The largest absolute Gasteiger partial charge is 0.394 e. The minimum absolute atomic E-state index is 0.563. The number of aliphatic hydroxyl groups is 9. The molecule has 0 aromatic carbocycles. The summed E-state index contributed by atoms with van der Waals surface area (Å²) in [4.78, 5) is 11.9. The lowest BCUT2D eigenvalue weighted by molar-refractivity contribution is -0.359. The Bertz CT molecular complexity index is 745. The van der Waals surface area contributed by atoms with Gasteiger partial charge in [0, 0.05) is 6.92 Å². The fourth-order valence-electron chi connectivity index (χ4n) is 4.70. The normalized spacial score (nSPS) is 49.0. The molecule has 3 heterocycles. The van der Waals surface area contributed by atoms with E-state index in [1.807, 2.05) is 0 Å². The van der Waals surface area contributed by atoms with Gasteiger partial charge < -0.3 is 75.0 Å². The second-order valence-electron chi connectivity index (χ2n) is 9.38. The highest BCUT2D eigenvalue weighted by molar-refractivity contribution is 5.73. The molecule has 0 unspecified atom stereocenters. The first-order valence-electron chi connectivity index (χ1n) is 11.9. The molecule has 1 amide bonds. The van der Waals surface area contributed by atoms with Gasteiger partial charge in [-0.25, -0.2) is 0 Å². The summed E-state index contributed by atoms with van der Waals surface area (Å²) in [5.74, 6) is -0.621. The van der Waals surface area contributed by atoms with E-state index in [-0.39, 0.29) is 0 Å². The standard InChI is InChI=1S/C21H37NO15/c1-6-18(16(31)13(28)8(3-23)33-6)36-20-11(22-7(2)26)14(29)19(10(5-25)35-20)37-21-17(32)15(30)12(27)9(4-24)34-21/h6,8-21,23-25,27-32H,3-5H2,1-2H3,(H,22,26)/t6-,8-,9-,10-,11-,12+,13-,14+,15+,16-,17-,18-,19-,20+,21+/m1/s1. The van der Waals surface area contributed by atoms with Crippen LogP contribution < -0.4 is 5.32 Å².